The van der Waals surface area contributed by atoms with Gasteiger partial charge in [-0.25, -0.2) is 0 Å². The lowest BCUT2D eigenvalue weighted by Crippen LogP contribution is -2.09. The van der Waals surface area contributed by atoms with Gasteiger partial charge in [-0.2, -0.15) is 0 Å². The average Bonchev–Trinajstić information content (AvgIpc) is 2.35. The molecule has 2 heteroatoms. The third-order valence-corrected chi connectivity index (χ3v) is 3.37. The smallest absolute Gasteiger partial charge is 0.224 e. The number of fused-ring (bicyclic) bond motifs is 1. The predicted octanol–water partition coefficient (Wildman–Crippen LogP) is 3.47. The molecule has 2 nitrogen and oxygen atoms in total. The Morgan fingerprint density at radius 2 is 2.12 bits per heavy atom. The second-order valence-corrected chi connectivity index (χ2v) is 5.03. The third-order valence-electron chi connectivity index (χ3n) is 3.37. The molecule has 1 unspecified atom stereocenters. The van der Waals surface area contributed by atoms with E-state index in [4.69, 9.17) is 0 Å². The summed E-state index contributed by atoms with van der Waals surface area (Å²) >= 11 is 0. The van der Waals surface area contributed by atoms with E-state index in [2.05, 4.69) is 44.3 Å². The lowest BCUT2D eigenvalue weighted by Gasteiger charge is -2.20. The molecule has 86 valence electrons. The van der Waals surface area contributed by atoms with Crippen molar-refractivity contribution in [2.75, 3.05) is 5.32 Å². The maximum atomic E-state index is 11.6. The number of hydrogen-bond acceptors (Lipinski definition) is 1. The van der Waals surface area contributed by atoms with Crippen molar-refractivity contribution in [2.45, 2.75) is 39.5 Å². The molecule has 1 aromatic rings. The summed E-state index contributed by atoms with van der Waals surface area (Å²) in [5.74, 6) is 1.22. The van der Waals surface area contributed by atoms with Gasteiger partial charge in [-0.3, -0.25) is 4.79 Å². The molecule has 0 saturated carbocycles. The van der Waals surface area contributed by atoms with Crippen LogP contribution in [0.25, 0.3) is 0 Å². The topological polar surface area (TPSA) is 29.1 Å². The summed E-state index contributed by atoms with van der Waals surface area (Å²) in [7, 11) is 0. The van der Waals surface area contributed by atoms with Crippen LogP contribution in [0.5, 0.6) is 0 Å². The summed E-state index contributed by atoms with van der Waals surface area (Å²) in [5, 5.41) is 3.01. The molecular formula is C14H19NO. The Kier molecular flexibility index (Phi) is 2.99. The number of carbonyl (C=O) groups excluding carboxylic acids is 1. The largest absolute Gasteiger partial charge is 0.326 e. The molecule has 1 aliphatic rings. The molecule has 0 radical (unpaired) electrons. The maximum absolute atomic E-state index is 11.6. The first-order valence-corrected chi connectivity index (χ1v) is 5.98. The van der Waals surface area contributed by atoms with Crippen LogP contribution in [0.4, 0.5) is 5.69 Å². The van der Waals surface area contributed by atoms with Gasteiger partial charge < -0.3 is 5.32 Å². The number of benzene rings is 1. The summed E-state index contributed by atoms with van der Waals surface area (Å²) in [4.78, 5) is 11.6. The van der Waals surface area contributed by atoms with E-state index in [-0.39, 0.29) is 5.91 Å². The number of aryl methyl sites for hydroxylation is 1. The van der Waals surface area contributed by atoms with Crippen LogP contribution in [0, 0.1) is 12.8 Å². The van der Waals surface area contributed by atoms with Gasteiger partial charge in [0.2, 0.25) is 5.91 Å². The van der Waals surface area contributed by atoms with E-state index in [1.807, 2.05) is 0 Å². The van der Waals surface area contributed by atoms with Gasteiger partial charge in [0.05, 0.1) is 0 Å². The fraction of sp³-hybridized carbons (Fsp3) is 0.500. The lowest BCUT2D eigenvalue weighted by molar-refractivity contribution is -0.116. The van der Waals surface area contributed by atoms with Crippen molar-refractivity contribution in [1.82, 2.24) is 0 Å². The molecule has 1 N–H and O–H groups in total. The minimum absolute atomic E-state index is 0.148. The zero-order valence-corrected chi connectivity index (χ0v) is 10.2. The highest BCUT2D eigenvalue weighted by atomic mass is 16.1. The van der Waals surface area contributed by atoms with Gasteiger partial charge in [-0.05, 0) is 42.4 Å². The SMILES string of the molecule is Cc1ccc2c(c1)NC(=O)CCC2C(C)C. The second kappa shape index (κ2) is 4.28. The zero-order chi connectivity index (χ0) is 11.7. The summed E-state index contributed by atoms with van der Waals surface area (Å²) < 4.78 is 0. The number of anilines is 1. The van der Waals surface area contributed by atoms with E-state index in [0.717, 1.165) is 12.1 Å². The minimum Gasteiger partial charge on any atom is -0.326 e. The monoisotopic (exact) mass is 217 g/mol. The van der Waals surface area contributed by atoms with E-state index < -0.39 is 0 Å². The van der Waals surface area contributed by atoms with E-state index in [1.54, 1.807) is 0 Å². The third kappa shape index (κ3) is 2.11. The average molecular weight is 217 g/mol. The number of nitrogens with one attached hydrogen (secondary N) is 1. The van der Waals surface area contributed by atoms with Crippen molar-refractivity contribution in [3.05, 3.63) is 29.3 Å². The molecule has 0 fully saturated rings. The number of hydrogen-bond donors (Lipinski definition) is 1. The van der Waals surface area contributed by atoms with Gasteiger partial charge in [0.1, 0.15) is 0 Å². The first-order chi connectivity index (χ1) is 7.58. The van der Waals surface area contributed by atoms with Crippen molar-refractivity contribution >= 4 is 11.6 Å². The van der Waals surface area contributed by atoms with E-state index in [1.165, 1.54) is 11.1 Å². The summed E-state index contributed by atoms with van der Waals surface area (Å²) in [6.07, 6.45) is 1.59. The standard InChI is InChI=1S/C14H19NO/c1-9(2)11-6-7-14(16)15-13-8-10(3)4-5-12(11)13/h4-5,8-9,11H,6-7H2,1-3H3,(H,15,16). The molecule has 0 saturated heterocycles. The van der Waals surface area contributed by atoms with Crippen molar-refractivity contribution in [2.24, 2.45) is 5.92 Å². The van der Waals surface area contributed by atoms with Crippen molar-refractivity contribution < 1.29 is 4.79 Å². The highest BCUT2D eigenvalue weighted by Gasteiger charge is 2.24. The van der Waals surface area contributed by atoms with Gasteiger partial charge in [-0.15, -0.1) is 0 Å². The van der Waals surface area contributed by atoms with Crippen LogP contribution >= 0.6 is 0 Å². The number of rotatable bonds is 1. The second-order valence-electron chi connectivity index (χ2n) is 5.03. The predicted molar refractivity (Wildman–Crippen MR) is 66.6 cm³/mol. The Balaban J connectivity index is 2.46. The van der Waals surface area contributed by atoms with Crippen molar-refractivity contribution in [1.29, 1.82) is 0 Å². The van der Waals surface area contributed by atoms with E-state index in [0.29, 0.717) is 18.3 Å². The fourth-order valence-electron chi connectivity index (χ4n) is 2.45. The molecule has 0 aliphatic carbocycles. The Morgan fingerprint density at radius 3 is 2.81 bits per heavy atom. The van der Waals surface area contributed by atoms with Crippen LogP contribution in [0.15, 0.2) is 18.2 Å². The summed E-state index contributed by atoms with van der Waals surface area (Å²) in [6.45, 7) is 6.51. The Bertz CT molecular complexity index is 409. The Hall–Kier alpha value is -1.31. The van der Waals surface area contributed by atoms with Crippen LogP contribution in [-0.2, 0) is 4.79 Å². The molecule has 1 heterocycles. The molecule has 16 heavy (non-hydrogen) atoms. The maximum Gasteiger partial charge on any atom is 0.224 e. The molecular weight excluding hydrogens is 198 g/mol. The minimum atomic E-state index is 0.148. The van der Waals surface area contributed by atoms with Gasteiger partial charge in [0.25, 0.3) is 0 Å². The summed E-state index contributed by atoms with van der Waals surface area (Å²) in [6, 6.07) is 6.38. The van der Waals surface area contributed by atoms with Crippen LogP contribution < -0.4 is 5.32 Å². The molecule has 1 aliphatic heterocycles. The first-order valence-electron chi connectivity index (χ1n) is 5.98. The van der Waals surface area contributed by atoms with E-state index in [9.17, 15) is 4.79 Å². The van der Waals surface area contributed by atoms with Gasteiger partial charge >= 0.3 is 0 Å². The molecule has 0 bridgehead atoms. The normalized spacial score (nSPS) is 20.2. The number of carbonyl (C=O) groups is 1. The molecule has 1 amide bonds. The zero-order valence-electron chi connectivity index (χ0n) is 10.2. The van der Waals surface area contributed by atoms with Crippen LogP contribution in [-0.4, -0.2) is 5.91 Å². The molecule has 1 aromatic carbocycles. The summed E-state index contributed by atoms with van der Waals surface area (Å²) in [5.41, 5.74) is 3.51. The molecule has 0 aromatic heterocycles. The highest BCUT2D eigenvalue weighted by molar-refractivity contribution is 5.92. The molecule has 0 spiro atoms. The van der Waals surface area contributed by atoms with Crippen LogP contribution in [0.1, 0.15) is 43.7 Å². The quantitative estimate of drug-likeness (QED) is 0.766. The van der Waals surface area contributed by atoms with Gasteiger partial charge in [-0.1, -0.05) is 26.0 Å². The molecule has 1 atom stereocenters. The lowest BCUT2D eigenvalue weighted by atomic mass is 9.84. The Labute approximate surface area is 97.1 Å². The van der Waals surface area contributed by atoms with E-state index >= 15 is 0 Å². The van der Waals surface area contributed by atoms with Crippen LogP contribution in [0.3, 0.4) is 0 Å². The number of amides is 1. The first kappa shape index (κ1) is 11.2. The van der Waals surface area contributed by atoms with Gasteiger partial charge in [0.15, 0.2) is 0 Å². The van der Waals surface area contributed by atoms with Crippen LogP contribution in [0.2, 0.25) is 0 Å². The Morgan fingerprint density at radius 1 is 1.38 bits per heavy atom. The van der Waals surface area contributed by atoms with Crippen molar-refractivity contribution in [3.8, 4) is 0 Å². The fourth-order valence-corrected chi connectivity index (χ4v) is 2.45. The van der Waals surface area contributed by atoms with Crippen molar-refractivity contribution in [3.63, 3.8) is 0 Å². The molecule has 2 rings (SSSR count). The highest BCUT2D eigenvalue weighted by Crippen LogP contribution is 2.36. The van der Waals surface area contributed by atoms with Gasteiger partial charge in [0, 0.05) is 12.1 Å².